The number of aromatic nitrogens is 6. The summed E-state index contributed by atoms with van der Waals surface area (Å²) in [4.78, 5) is 0. The number of rotatable bonds is 6. The van der Waals surface area contributed by atoms with Crippen LogP contribution in [-0.2, 0) is 13.1 Å². The second-order valence-corrected chi connectivity index (χ2v) is 4.78. The molecular formula is C11H17N7. The number of hydrogen-bond acceptors (Lipinski definition) is 5. The summed E-state index contributed by atoms with van der Waals surface area (Å²) in [5, 5.41) is 19.4. The summed E-state index contributed by atoms with van der Waals surface area (Å²) in [7, 11) is 0. The fraction of sp³-hybridized carbons (Fsp3) is 0.636. The molecule has 96 valence electrons. The first kappa shape index (κ1) is 11.3. The summed E-state index contributed by atoms with van der Waals surface area (Å²) >= 11 is 0. The Kier molecular flexibility index (Phi) is 3.06. The van der Waals surface area contributed by atoms with E-state index in [-0.39, 0.29) is 0 Å². The summed E-state index contributed by atoms with van der Waals surface area (Å²) in [5.41, 5.74) is 0. The molecule has 3 rings (SSSR count). The fourth-order valence-electron chi connectivity index (χ4n) is 1.95. The molecule has 2 heterocycles. The van der Waals surface area contributed by atoms with Crippen molar-refractivity contribution in [2.75, 3.05) is 0 Å². The number of nitrogens with zero attached hydrogens (tertiary/aromatic N) is 6. The zero-order valence-corrected chi connectivity index (χ0v) is 10.4. The van der Waals surface area contributed by atoms with E-state index >= 15 is 0 Å². The van der Waals surface area contributed by atoms with E-state index < -0.39 is 0 Å². The van der Waals surface area contributed by atoms with E-state index in [0.717, 1.165) is 12.4 Å². The molecule has 18 heavy (non-hydrogen) atoms. The van der Waals surface area contributed by atoms with E-state index in [1.54, 1.807) is 6.20 Å². The minimum absolute atomic E-state index is 0.328. The molecule has 0 unspecified atom stereocenters. The van der Waals surface area contributed by atoms with E-state index in [1.165, 1.54) is 12.8 Å². The van der Waals surface area contributed by atoms with Crippen molar-refractivity contribution in [1.29, 1.82) is 0 Å². The lowest BCUT2D eigenvalue weighted by atomic mass is 10.3. The lowest BCUT2D eigenvalue weighted by Crippen LogP contribution is -2.31. The molecule has 1 saturated carbocycles. The van der Waals surface area contributed by atoms with Gasteiger partial charge in [-0.1, -0.05) is 0 Å². The van der Waals surface area contributed by atoms with E-state index in [0.29, 0.717) is 18.6 Å². The highest BCUT2D eigenvalue weighted by Crippen LogP contribution is 2.34. The quantitative estimate of drug-likeness (QED) is 0.799. The van der Waals surface area contributed by atoms with Crippen LogP contribution in [0.5, 0.6) is 0 Å². The highest BCUT2D eigenvalue weighted by molar-refractivity contribution is 4.90. The first-order chi connectivity index (χ1) is 8.83. The number of hydrogen-bond donors (Lipinski definition) is 1. The molecule has 0 radical (unpaired) electrons. The van der Waals surface area contributed by atoms with Gasteiger partial charge in [-0.05, 0) is 36.3 Å². The van der Waals surface area contributed by atoms with E-state index in [4.69, 9.17) is 0 Å². The second-order valence-electron chi connectivity index (χ2n) is 4.78. The SMILES string of the molecule is C[C@@H](Cn1cccn1)NCc1nnnn1C1CC1. The normalized spacial score (nSPS) is 16.9. The minimum Gasteiger partial charge on any atom is -0.305 e. The van der Waals surface area contributed by atoms with Crippen LogP contribution in [-0.4, -0.2) is 36.0 Å². The first-order valence-corrected chi connectivity index (χ1v) is 6.30. The van der Waals surface area contributed by atoms with Crippen LogP contribution in [0.4, 0.5) is 0 Å². The summed E-state index contributed by atoms with van der Waals surface area (Å²) in [6, 6.07) is 2.79. The topological polar surface area (TPSA) is 73.5 Å². The van der Waals surface area contributed by atoms with Gasteiger partial charge in [0.2, 0.25) is 0 Å². The maximum absolute atomic E-state index is 4.19. The second kappa shape index (κ2) is 4.85. The van der Waals surface area contributed by atoms with E-state index in [1.807, 2.05) is 21.6 Å². The number of tetrazole rings is 1. The highest BCUT2D eigenvalue weighted by atomic mass is 15.6. The van der Waals surface area contributed by atoms with Gasteiger partial charge in [0.1, 0.15) is 0 Å². The molecule has 0 spiro atoms. The van der Waals surface area contributed by atoms with Gasteiger partial charge in [0, 0.05) is 18.4 Å². The Hall–Kier alpha value is -1.76. The van der Waals surface area contributed by atoms with Crippen LogP contribution in [0, 0.1) is 0 Å². The third kappa shape index (κ3) is 2.56. The summed E-state index contributed by atoms with van der Waals surface area (Å²) in [5.74, 6) is 0.921. The highest BCUT2D eigenvalue weighted by Gasteiger charge is 2.27. The Morgan fingerprint density at radius 2 is 2.39 bits per heavy atom. The standard InChI is InChI=1S/C11H17N7/c1-9(8-17-6-2-5-13-17)12-7-11-14-15-16-18(11)10-3-4-10/h2,5-6,9-10,12H,3-4,7-8H2,1H3/t9-/m0/s1. The van der Waals surface area contributed by atoms with Gasteiger partial charge in [-0.3, -0.25) is 4.68 Å². The Bertz CT molecular complexity index is 485. The molecular weight excluding hydrogens is 230 g/mol. The zero-order valence-electron chi connectivity index (χ0n) is 10.4. The zero-order chi connectivity index (χ0) is 12.4. The van der Waals surface area contributed by atoms with Gasteiger partial charge >= 0.3 is 0 Å². The van der Waals surface area contributed by atoms with E-state index in [2.05, 4.69) is 32.9 Å². The van der Waals surface area contributed by atoms with Crippen LogP contribution in [0.1, 0.15) is 31.6 Å². The van der Waals surface area contributed by atoms with Gasteiger partial charge < -0.3 is 5.32 Å². The summed E-state index contributed by atoms with van der Waals surface area (Å²) in [6.45, 7) is 3.68. The van der Waals surface area contributed by atoms with Gasteiger partial charge in [-0.2, -0.15) is 5.10 Å². The third-order valence-electron chi connectivity index (χ3n) is 3.08. The van der Waals surface area contributed by atoms with Gasteiger partial charge in [0.15, 0.2) is 5.82 Å². The fourth-order valence-corrected chi connectivity index (χ4v) is 1.95. The minimum atomic E-state index is 0.328. The van der Waals surface area contributed by atoms with Crippen LogP contribution in [0.2, 0.25) is 0 Å². The van der Waals surface area contributed by atoms with E-state index in [9.17, 15) is 0 Å². The summed E-state index contributed by atoms with van der Waals surface area (Å²) < 4.78 is 3.86. The maximum atomic E-state index is 4.19. The van der Waals surface area contributed by atoms with Crippen molar-refractivity contribution in [3.8, 4) is 0 Å². The van der Waals surface area contributed by atoms with Crippen molar-refractivity contribution < 1.29 is 0 Å². The monoisotopic (exact) mass is 247 g/mol. The molecule has 1 aliphatic carbocycles. The van der Waals surface area contributed by atoms with Crippen LogP contribution in [0.25, 0.3) is 0 Å². The molecule has 7 nitrogen and oxygen atoms in total. The average molecular weight is 247 g/mol. The Labute approximate surface area is 105 Å². The Morgan fingerprint density at radius 1 is 1.50 bits per heavy atom. The smallest absolute Gasteiger partial charge is 0.165 e. The van der Waals surface area contributed by atoms with Gasteiger partial charge in [0.05, 0.1) is 19.1 Å². The number of nitrogens with one attached hydrogen (secondary N) is 1. The van der Waals surface area contributed by atoms with Crippen LogP contribution >= 0.6 is 0 Å². The maximum Gasteiger partial charge on any atom is 0.165 e. The predicted molar refractivity (Wildman–Crippen MR) is 64.6 cm³/mol. The molecule has 2 aromatic heterocycles. The molecule has 0 aromatic carbocycles. The van der Waals surface area contributed by atoms with Crippen molar-refractivity contribution in [2.45, 2.75) is 44.9 Å². The predicted octanol–water partition coefficient (Wildman–Crippen LogP) is 0.383. The van der Waals surface area contributed by atoms with Crippen molar-refractivity contribution >= 4 is 0 Å². The molecule has 0 saturated heterocycles. The largest absolute Gasteiger partial charge is 0.305 e. The summed E-state index contributed by atoms with van der Waals surface area (Å²) in [6.07, 6.45) is 6.15. The molecule has 0 aliphatic heterocycles. The van der Waals surface area contributed by atoms with Crippen molar-refractivity contribution in [1.82, 2.24) is 35.3 Å². The van der Waals surface area contributed by atoms with Crippen LogP contribution < -0.4 is 5.32 Å². The lowest BCUT2D eigenvalue weighted by Gasteiger charge is -2.13. The third-order valence-corrected chi connectivity index (χ3v) is 3.08. The van der Waals surface area contributed by atoms with Crippen LogP contribution in [0.3, 0.4) is 0 Å². The molecule has 7 heteroatoms. The van der Waals surface area contributed by atoms with Crippen molar-refractivity contribution in [3.05, 3.63) is 24.3 Å². The Balaban J connectivity index is 1.52. The lowest BCUT2D eigenvalue weighted by molar-refractivity contribution is 0.436. The molecule has 2 aromatic rings. The van der Waals surface area contributed by atoms with Crippen molar-refractivity contribution in [2.24, 2.45) is 0 Å². The average Bonchev–Trinajstić information content (AvgIpc) is 2.90. The molecule has 1 aliphatic rings. The van der Waals surface area contributed by atoms with Gasteiger partial charge in [-0.15, -0.1) is 5.10 Å². The molecule has 1 fully saturated rings. The molecule has 1 atom stereocenters. The molecule has 1 N–H and O–H groups in total. The van der Waals surface area contributed by atoms with Gasteiger partial charge in [0.25, 0.3) is 0 Å². The van der Waals surface area contributed by atoms with Crippen molar-refractivity contribution in [3.63, 3.8) is 0 Å². The molecule has 0 amide bonds. The van der Waals surface area contributed by atoms with Crippen LogP contribution in [0.15, 0.2) is 18.5 Å². The molecule has 0 bridgehead atoms. The Morgan fingerprint density at radius 3 is 3.11 bits per heavy atom. The first-order valence-electron chi connectivity index (χ1n) is 6.30. The van der Waals surface area contributed by atoms with Gasteiger partial charge in [-0.25, -0.2) is 4.68 Å².